The number of amides is 1. The molecule has 0 fully saturated rings. The van der Waals surface area contributed by atoms with Gasteiger partial charge in [-0.15, -0.1) is 11.3 Å². The number of hydrogen-bond donors (Lipinski definition) is 1. The van der Waals surface area contributed by atoms with Gasteiger partial charge in [0.2, 0.25) is 5.91 Å². The Kier molecular flexibility index (Phi) is 6.84. The zero-order valence-corrected chi connectivity index (χ0v) is 21.0. The summed E-state index contributed by atoms with van der Waals surface area (Å²) in [5.41, 5.74) is 6.04. The first-order valence-corrected chi connectivity index (χ1v) is 12.6. The molecule has 0 saturated carbocycles. The van der Waals surface area contributed by atoms with Crippen LogP contribution >= 0.6 is 11.3 Å². The fraction of sp³-hybridized carbons (Fsp3) is 0.172. The summed E-state index contributed by atoms with van der Waals surface area (Å²) >= 11 is 1.60. The van der Waals surface area contributed by atoms with Crippen molar-refractivity contribution in [2.75, 3.05) is 7.05 Å². The second kappa shape index (κ2) is 10.4. The van der Waals surface area contributed by atoms with Crippen molar-refractivity contribution in [2.45, 2.75) is 26.5 Å². The number of likely N-dealkylation sites (N-methyl/N-ethyl adjacent to an activating group) is 1. The van der Waals surface area contributed by atoms with Gasteiger partial charge in [-0.25, -0.2) is 10.0 Å². The fourth-order valence-electron chi connectivity index (χ4n) is 4.32. The molecule has 0 aliphatic rings. The summed E-state index contributed by atoms with van der Waals surface area (Å²) in [6.07, 6.45) is 0.104. The normalized spacial score (nSPS) is 11.1. The van der Waals surface area contributed by atoms with Gasteiger partial charge in [0.15, 0.2) is 0 Å². The van der Waals surface area contributed by atoms with Gasteiger partial charge in [0.25, 0.3) is 0 Å². The lowest BCUT2D eigenvalue weighted by molar-refractivity contribution is -0.158. The number of carbonyl (C=O) groups excluding carboxylic acids is 1. The molecule has 3 aromatic carbocycles. The van der Waals surface area contributed by atoms with Crippen LogP contribution in [0.1, 0.15) is 22.5 Å². The molecule has 0 radical (unpaired) electrons. The van der Waals surface area contributed by atoms with Gasteiger partial charge in [-0.1, -0.05) is 60.7 Å². The van der Waals surface area contributed by atoms with Gasteiger partial charge in [0.1, 0.15) is 17.4 Å². The number of aromatic nitrogens is 2. The van der Waals surface area contributed by atoms with Crippen molar-refractivity contribution < 1.29 is 14.7 Å². The van der Waals surface area contributed by atoms with Crippen molar-refractivity contribution in [2.24, 2.45) is 0 Å². The van der Waals surface area contributed by atoms with Gasteiger partial charge >= 0.3 is 0 Å². The standard InChI is InChI=1S/C29H27N3O3S/c1-20-25(16-28(33)31(2)34)26-15-24(13-14-27(26)32(20)17-21-9-5-3-6-10-21)35-18-23-19-36-29(30-23)22-11-7-4-8-12-22/h3-15,19,34H,16-18H2,1-2H3. The Hall–Kier alpha value is -3.94. The van der Waals surface area contributed by atoms with Gasteiger partial charge in [-0.05, 0) is 36.2 Å². The minimum Gasteiger partial charge on any atom is -0.487 e. The predicted molar refractivity (Wildman–Crippen MR) is 142 cm³/mol. The third-order valence-corrected chi connectivity index (χ3v) is 7.20. The van der Waals surface area contributed by atoms with E-state index >= 15 is 0 Å². The average Bonchev–Trinajstić information content (AvgIpc) is 3.47. The zero-order valence-electron chi connectivity index (χ0n) is 20.2. The number of carbonyl (C=O) groups is 1. The van der Waals surface area contributed by atoms with Crippen LogP contribution < -0.4 is 4.74 Å². The van der Waals surface area contributed by atoms with Crippen molar-refractivity contribution in [3.05, 3.63) is 107 Å². The Morgan fingerprint density at radius 1 is 1.06 bits per heavy atom. The molecular formula is C29H27N3O3S. The molecule has 0 aliphatic carbocycles. The molecular weight excluding hydrogens is 470 g/mol. The molecule has 0 spiro atoms. The number of fused-ring (bicyclic) bond motifs is 1. The van der Waals surface area contributed by atoms with Crippen LogP contribution in [0.5, 0.6) is 5.75 Å². The number of rotatable bonds is 8. The van der Waals surface area contributed by atoms with Crippen molar-refractivity contribution in [3.63, 3.8) is 0 Å². The SMILES string of the molecule is Cc1c(CC(=O)N(C)O)c2cc(OCc3csc(-c4ccccc4)n3)ccc2n1Cc1ccccc1. The van der Waals surface area contributed by atoms with E-state index in [4.69, 9.17) is 9.72 Å². The highest BCUT2D eigenvalue weighted by molar-refractivity contribution is 7.13. The highest BCUT2D eigenvalue weighted by Crippen LogP contribution is 2.31. The van der Waals surface area contributed by atoms with Gasteiger partial charge in [-0.3, -0.25) is 10.0 Å². The highest BCUT2D eigenvalue weighted by Gasteiger charge is 2.19. The Morgan fingerprint density at radius 2 is 1.78 bits per heavy atom. The molecule has 0 atom stereocenters. The molecule has 2 aromatic heterocycles. The fourth-order valence-corrected chi connectivity index (χ4v) is 5.13. The summed E-state index contributed by atoms with van der Waals surface area (Å²) in [4.78, 5) is 17.1. The number of hydrogen-bond acceptors (Lipinski definition) is 5. The number of thiazole rings is 1. The van der Waals surface area contributed by atoms with Crippen molar-refractivity contribution >= 4 is 28.1 Å². The molecule has 0 saturated heterocycles. The summed E-state index contributed by atoms with van der Waals surface area (Å²) < 4.78 is 8.32. The molecule has 2 heterocycles. The van der Waals surface area contributed by atoms with Crippen molar-refractivity contribution in [3.8, 4) is 16.3 Å². The quantitative estimate of drug-likeness (QED) is 0.208. The van der Waals surface area contributed by atoms with E-state index in [1.54, 1.807) is 11.3 Å². The van der Waals surface area contributed by atoms with Crippen LogP contribution in [0.2, 0.25) is 0 Å². The van der Waals surface area contributed by atoms with Crippen molar-refractivity contribution in [1.29, 1.82) is 0 Å². The average molecular weight is 498 g/mol. The molecule has 5 aromatic rings. The summed E-state index contributed by atoms with van der Waals surface area (Å²) in [6, 6.07) is 26.3. The van der Waals surface area contributed by atoms with Crippen LogP contribution in [0.3, 0.4) is 0 Å². The summed E-state index contributed by atoms with van der Waals surface area (Å²) in [5, 5.41) is 14.3. The number of nitrogens with zero attached hydrogens (tertiary/aromatic N) is 3. The first-order valence-electron chi connectivity index (χ1n) is 11.7. The molecule has 1 N–H and O–H groups in total. The van der Waals surface area contributed by atoms with Crippen LogP contribution in [0.25, 0.3) is 21.5 Å². The van der Waals surface area contributed by atoms with E-state index < -0.39 is 0 Å². The van der Waals surface area contributed by atoms with E-state index in [0.717, 1.165) is 38.4 Å². The predicted octanol–water partition coefficient (Wildman–Crippen LogP) is 6.09. The van der Waals surface area contributed by atoms with Gasteiger partial charge in [0.05, 0.1) is 12.1 Å². The van der Waals surface area contributed by atoms with E-state index in [1.165, 1.54) is 12.6 Å². The number of hydroxylamine groups is 2. The Bertz CT molecular complexity index is 1490. The van der Waals surface area contributed by atoms with E-state index in [9.17, 15) is 10.0 Å². The molecule has 7 heteroatoms. The summed E-state index contributed by atoms with van der Waals surface area (Å²) in [7, 11) is 1.35. The van der Waals surface area contributed by atoms with Crippen LogP contribution in [-0.2, 0) is 24.4 Å². The minimum atomic E-state index is -0.362. The summed E-state index contributed by atoms with van der Waals surface area (Å²) in [5.74, 6) is 0.346. The third-order valence-electron chi connectivity index (χ3n) is 6.26. The number of benzene rings is 3. The van der Waals surface area contributed by atoms with Crippen LogP contribution in [0, 0.1) is 6.92 Å². The summed E-state index contributed by atoms with van der Waals surface area (Å²) in [6.45, 7) is 3.06. The first kappa shape index (κ1) is 23.8. The lowest BCUT2D eigenvalue weighted by Gasteiger charge is -2.10. The van der Waals surface area contributed by atoms with Gasteiger partial charge in [0, 0.05) is 41.1 Å². The molecule has 0 bridgehead atoms. The second-order valence-electron chi connectivity index (χ2n) is 8.71. The zero-order chi connectivity index (χ0) is 25.1. The van der Waals surface area contributed by atoms with Gasteiger partial charge < -0.3 is 9.30 Å². The van der Waals surface area contributed by atoms with E-state index in [2.05, 4.69) is 16.7 Å². The molecule has 1 amide bonds. The largest absolute Gasteiger partial charge is 0.487 e. The first-order chi connectivity index (χ1) is 17.5. The molecule has 6 nitrogen and oxygen atoms in total. The van der Waals surface area contributed by atoms with Gasteiger partial charge in [-0.2, -0.15) is 0 Å². The lowest BCUT2D eigenvalue weighted by atomic mass is 10.1. The monoisotopic (exact) mass is 497 g/mol. The number of ether oxygens (including phenoxy) is 1. The maximum absolute atomic E-state index is 12.4. The van der Waals surface area contributed by atoms with E-state index in [1.807, 2.05) is 79.0 Å². The van der Waals surface area contributed by atoms with E-state index in [0.29, 0.717) is 24.0 Å². The highest BCUT2D eigenvalue weighted by atomic mass is 32.1. The topological polar surface area (TPSA) is 67.6 Å². The van der Waals surface area contributed by atoms with Crippen LogP contribution in [0.4, 0.5) is 0 Å². The Labute approximate surface area is 214 Å². The Morgan fingerprint density at radius 3 is 2.50 bits per heavy atom. The van der Waals surface area contributed by atoms with Crippen LogP contribution in [-0.4, -0.2) is 32.8 Å². The third kappa shape index (κ3) is 5.03. The van der Waals surface area contributed by atoms with Crippen molar-refractivity contribution in [1.82, 2.24) is 14.6 Å². The molecule has 182 valence electrons. The molecule has 0 unspecified atom stereocenters. The molecule has 5 rings (SSSR count). The Balaban J connectivity index is 1.43. The van der Waals surface area contributed by atoms with E-state index in [-0.39, 0.29) is 12.3 Å². The molecule has 36 heavy (non-hydrogen) atoms. The van der Waals surface area contributed by atoms with Crippen LogP contribution in [0.15, 0.2) is 84.2 Å². The maximum atomic E-state index is 12.4. The second-order valence-corrected chi connectivity index (χ2v) is 9.57. The minimum absolute atomic E-state index is 0.104. The molecule has 0 aliphatic heterocycles. The lowest BCUT2D eigenvalue weighted by Crippen LogP contribution is -2.24. The maximum Gasteiger partial charge on any atom is 0.250 e. The smallest absolute Gasteiger partial charge is 0.250 e.